The number of rotatable bonds is 8. The van der Waals surface area contributed by atoms with Gasteiger partial charge in [-0.1, -0.05) is 0 Å². The molecular weight excluding hydrogens is 200 g/mol. The van der Waals surface area contributed by atoms with Gasteiger partial charge >= 0.3 is 5.97 Å². The van der Waals surface area contributed by atoms with Crippen LogP contribution in [0.5, 0.6) is 0 Å². The van der Waals surface area contributed by atoms with E-state index in [-0.39, 0.29) is 19.6 Å². The van der Waals surface area contributed by atoms with Gasteiger partial charge in [0.25, 0.3) is 0 Å². The van der Waals surface area contributed by atoms with Gasteiger partial charge in [-0.05, 0) is 12.8 Å². The Morgan fingerprint density at radius 3 is 2.40 bits per heavy atom. The second-order valence-electron chi connectivity index (χ2n) is 2.62. The molecule has 0 aromatic heterocycles. The Balaban J connectivity index is 3.30. The first kappa shape index (κ1) is 13.2. The number of isocyanates is 2. The Bertz CT molecular complexity index is 278. The van der Waals surface area contributed by atoms with Crippen LogP contribution in [-0.2, 0) is 19.1 Å². The molecule has 0 aliphatic heterocycles. The maximum absolute atomic E-state index is 10.9. The van der Waals surface area contributed by atoms with Crippen LogP contribution in [0.2, 0.25) is 0 Å². The summed E-state index contributed by atoms with van der Waals surface area (Å²) in [6, 6.07) is 0. The van der Waals surface area contributed by atoms with Crippen LogP contribution < -0.4 is 0 Å². The van der Waals surface area contributed by atoms with Crippen molar-refractivity contribution in [2.75, 3.05) is 19.7 Å². The van der Waals surface area contributed by atoms with E-state index in [4.69, 9.17) is 4.74 Å². The number of hydrogen-bond acceptors (Lipinski definition) is 6. The molecule has 0 N–H and O–H groups in total. The van der Waals surface area contributed by atoms with E-state index in [2.05, 4.69) is 9.98 Å². The number of unbranched alkanes of at least 4 members (excludes halogenated alkanes) is 1. The van der Waals surface area contributed by atoms with Crippen molar-refractivity contribution in [1.82, 2.24) is 0 Å². The number of carbonyl (C=O) groups is 1. The lowest BCUT2D eigenvalue weighted by Crippen LogP contribution is -2.07. The first-order valence-electron chi connectivity index (χ1n) is 4.54. The van der Waals surface area contributed by atoms with Crippen LogP contribution in [0.1, 0.15) is 19.3 Å². The van der Waals surface area contributed by atoms with Crippen molar-refractivity contribution < 1.29 is 19.1 Å². The molecule has 15 heavy (non-hydrogen) atoms. The third kappa shape index (κ3) is 10.1. The van der Waals surface area contributed by atoms with Gasteiger partial charge in [0.2, 0.25) is 12.2 Å². The molecule has 0 aliphatic rings. The molecule has 0 rings (SSSR count). The maximum Gasteiger partial charge on any atom is 0.307 e. The summed E-state index contributed by atoms with van der Waals surface area (Å²) in [5.74, 6) is -0.395. The van der Waals surface area contributed by atoms with E-state index in [1.165, 1.54) is 12.2 Å². The van der Waals surface area contributed by atoms with E-state index in [1.54, 1.807) is 0 Å². The lowest BCUT2D eigenvalue weighted by Gasteiger charge is -2.01. The van der Waals surface area contributed by atoms with Gasteiger partial charge < -0.3 is 4.74 Å². The topological polar surface area (TPSA) is 85.2 Å². The molecule has 0 bridgehead atoms. The molecule has 0 saturated heterocycles. The summed E-state index contributed by atoms with van der Waals surface area (Å²) in [5, 5.41) is 0. The predicted molar refractivity (Wildman–Crippen MR) is 50.8 cm³/mol. The molecule has 0 heterocycles. The first-order chi connectivity index (χ1) is 7.31. The summed E-state index contributed by atoms with van der Waals surface area (Å²) in [6.07, 6.45) is 4.16. The fourth-order valence-electron chi connectivity index (χ4n) is 0.790. The van der Waals surface area contributed by atoms with Crippen LogP contribution in [0.25, 0.3) is 0 Å². The first-order valence-corrected chi connectivity index (χ1v) is 4.54. The minimum Gasteiger partial charge on any atom is -0.466 e. The number of ether oxygens (including phenoxy) is 1. The highest BCUT2D eigenvalue weighted by molar-refractivity contribution is 5.69. The average Bonchev–Trinajstić information content (AvgIpc) is 2.23. The van der Waals surface area contributed by atoms with E-state index in [1.807, 2.05) is 0 Å². The van der Waals surface area contributed by atoms with E-state index in [0.717, 1.165) is 0 Å². The van der Waals surface area contributed by atoms with Gasteiger partial charge in [-0.3, -0.25) is 4.79 Å². The summed E-state index contributed by atoms with van der Waals surface area (Å²) in [6.45, 7) is 0.798. The lowest BCUT2D eigenvalue weighted by molar-refractivity contribution is -0.143. The molecule has 82 valence electrons. The third-order valence-electron chi connectivity index (χ3n) is 1.48. The van der Waals surface area contributed by atoms with Crippen molar-refractivity contribution in [3.8, 4) is 0 Å². The highest BCUT2D eigenvalue weighted by Gasteiger charge is 2.00. The van der Waals surface area contributed by atoms with Crippen LogP contribution in [-0.4, -0.2) is 37.8 Å². The zero-order valence-corrected chi connectivity index (χ0v) is 8.27. The van der Waals surface area contributed by atoms with Gasteiger partial charge in [-0.25, -0.2) is 19.6 Å². The van der Waals surface area contributed by atoms with Gasteiger partial charge in [-0.15, -0.1) is 0 Å². The molecule has 0 unspecified atom stereocenters. The minimum absolute atomic E-state index is 0.0851. The number of aliphatic imine (C=N–C) groups is 2. The molecule has 0 aromatic rings. The fourth-order valence-corrected chi connectivity index (χ4v) is 0.790. The van der Waals surface area contributed by atoms with Crippen molar-refractivity contribution in [3.63, 3.8) is 0 Å². The lowest BCUT2D eigenvalue weighted by atomic mass is 10.3. The van der Waals surface area contributed by atoms with Gasteiger partial charge in [-0.2, -0.15) is 0 Å². The van der Waals surface area contributed by atoms with Crippen LogP contribution in [0, 0.1) is 0 Å². The third-order valence-corrected chi connectivity index (χ3v) is 1.48. The van der Waals surface area contributed by atoms with Gasteiger partial charge in [0, 0.05) is 0 Å². The standard InChI is InChI=1S/C9H12N2O4/c12-7-10-4-1-2-6-15-9(14)3-5-11-8-13/h1-6H2. The Kier molecular flexibility index (Phi) is 9.09. The largest absolute Gasteiger partial charge is 0.466 e. The Hall–Kier alpha value is -1.77. The number of hydrogen-bond donors (Lipinski definition) is 0. The molecule has 0 aliphatic carbocycles. The van der Waals surface area contributed by atoms with Gasteiger partial charge in [0.1, 0.15) is 0 Å². The molecule has 6 heteroatoms. The molecular formula is C9H12N2O4. The second-order valence-corrected chi connectivity index (χ2v) is 2.62. The average molecular weight is 212 g/mol. The maximum atomic E-state index is 10.9. The van der Waals surface area contributed by atoms with E-state index in [9.17, 15) is 14.4 Å². The van der Waals surface area contributed by atoms with Crippen molar-refractivity contribution in [2.24, 2.45) is 9.98 Å². The van der Waals surface area contributed by atoms with E-state index in [0.29, 0.717) is 19.4 Å². The predicted octanol–water partition coefficient (Wildman–Crippen LogP) is 0.372. The Labute approximate surface area is 87.0 Å². The molecule has 0 atom stereocenters. The van der Waals surface area contributed by atoms with Gasteiger partial charge in [0.05, 0.1) is 26.1 Å². The molecule has 0 amide bonds. The van der Waals surface area contributed by atoms with Crippen molar-refractivity contribution >= 4 is 18.1 Å². The monoisotopic (exact) mass is 212 g/mol. The second kappa shape index (κ2) is 10.3. The highest BCUT2D eigenvalue weighted by Crippen LogP contribution is 1.93. The van der Waals surface area contributed by atoms with E-state index < -0.39 is 5.97 Å². The summed E-state index contributed by atoms with van der Waals surface area (Å²) in [5.41, 5.74) is 0. The molecule has 0 saturated carbocycles. The summed E-state index contributed by atoms with van der Waals surface area (Å²) >= 11 is 0. The zero-order chi connectivity index (χ0) is 11.4. The Morgan fingerprint density at radius 1 is 1.07 bits per heavy atom. The quantitative estimate of drug-likeness (QED) is 0.252. The number of nitrogens with zero attached hydrogens (tertiary/aromatic N) is 2. The van der Waals surface area contributed by atoms with Crippen LogP contribution in [0.3, 0.4) is 0 Å². The fraction of sp³-hybridized carbons (Fsp3) is 0.667. The van der Waals surface area contributed by atoms with Crippen molar-refractivity contribution in [1.29, 1.82) is 0 Å². The molecule has 0 aromatic carbocycles. The normalized spacial score (nSPS) is 8.53. The van der Waals surface area contributed by atoms with Crippen molar-refractivity contribution in [2.45, 2.75) is 19.3 Å². The highest BCUT2D eigenvalue weighted by atomic mass is 16.5. The molecule has 0 radical (unpaired) electrons. The van der Waals surface area contributed by atoms with Crippen molar-refractivity contribution in [3.05, 3.63) is 0 Å². The molecule has 0 fully saturated rings. The van der Waals surface area contributed by atoms with Crippen LogP contribution >= 0.6 is 0 Å². The minimum atomic E-state index is -0.395. The Morgan fingerprint density at radius 2 is 1.73 bits per heavy atom. The SMILES string of the molecule is O=C=NCCCCOC(=O)CCN=C=O. The smallest absolute Gasteiger partial charge is 0.307 e. The van der Waals surface area contributed by atoms with E-state index >= 15 is 0 Å². The van der Waals surface area contributed by atoms with Gasteiger partial charge in [0.15, 0.2) is 0 Å². The molecule has 0 spiro atoms. The summed E-state index contributed by atoms with van der Waals surface area (Å²) < 4.78 is 4.80. The number of esters is 1. The molecule has 6 nitrogen and oxygen atoms in total. The number of carbonyl (C=O) groups excluding carboxylic acids is 3. The van der Waals surface area contributed by atoms with Crippen LogP contribution in [0.15, 0.2) is 9.98 Å². The zero-order valence-electron chi connectivity index (χ0n) is 8.27. The van der Waals surface area contributed by atoms with Crippen LogP contribution in [0.4, 0.5) is 0 Å². The summed E-state index contributed by atoms with van der Waals surface area (Å²) in [7, 11) is 0. The summed E-state index contributed by atoms with van der Waals surface area (Å²) in [4.78, 5) is 36.8.